The number of carbonyl (C=O) groups is 1. The number of cyclic esters (lactones) is 1. The quantitative estimate of drug-likeness (QED) is 0.424. The first-order valence-electron chi connectivity index (χ1n) is 2.74. The third kappa shape index (κ3) is 1.54. The Morgan fingerprint density at radius 1 is 1.89 bits per heavy atom. The predicted octanol–water partition coefficient (Wildman–Crippen LogP) is 0.198. The van der Waals surface area contributed by atoms with Crippen LogP contribution in [0.25, 0.3) is 0 Å². The zero-order chi connectivity index (χ0) is 6.69. The van der Waals surface area contributed by atoms with Gasteiger partial charge in [-0.25, -0.2) is 0 Å². The van der Waals surface area contributed by atoms with Gasteiger partial charge in [-0.15, -0.1) is 6.58 Å². The molecule has 1 N–H and O–H groups in total. The SMILES string of the molecule is C=CC[C]1NCC(=O)O1. The Kier molecular flexibility index (Phi) is 1.85. The van der Waals surface area contributed by atoms with Crippen LogP contribution in [0.3, 0.4) is 0 Å². The van der Waals surface area contributed by atoms with Crippen molar-refractivity contribution in [2.24, 2.45) is 0 Å². The molecular formula is C6H8NO2. The standard InChI is InChI=1S/C6H8NO2/c1-2-3-5-7-4-6(8)9-5/h2,7H,1,3-4H2. The third-order valence-corrected chi connectivity index (χ3v) is 0.997. The van der Waals surface area contributed by atoms with Crippen LogP contribution in [0.1, 0.15) is 6.42 Å². The highest BCUT2D eigenvalue weighted by molar-refractivity contribution is 5.74. The van der Waals surface area contributed by atoms with Crippen LogP contribution < -0.4 is 5.32 Å². The molecule has 0 aromatic heterocycles. The number of nitrogens with one attached hydrogen (secondary N) is 1. The summed E-state index contributed by atoms with van der Waals surface area (Å²) >= 11 is 0. The molecule has 0 unspecified atom stereocenters. The fourth-order valence-corrected chi connectivity index (χ4v) is 0.625. The van der Waals surface area contributed by atoms with E-state index in [0.717, 1.165) is 0 Å². The lowest BCUT2D eigenvalue weighted by atomic mass is 10.4. The van der Waals surface area contributed by atoms with Crippen LogP contribution >= 0.6 is 0 Å². The van der Waals surface area contributed by atoms with E-state index in [1.807, 2.05) is 0 Å². The summed E-state index contributed by atoms with van der Waals surface area (Å²) in [6.45, 7) is 3.79. The predicted molar refractivity (Wildman–Crippen MR) is 32.2 cm³/mol. The molecule has 49 valence electrons. The van der Waals surface area contributed by atoms with E-state index >= 15 is 0 Å². The van der Waals surface area contributed by atoms with E-state index in [0.29, 0.717) is 19.2 Å². The average molecular weight is 126 g/mol. The zero-order valence-corrected chi connectivity index (χ0v) is 5.02. The van der Waals surface area contributed by atoms with Crippen molar-refractivity contribution >= 4 is 5.97 Å². The van der Waals surface area contributed by atoms with E-state index in [9.17, 15) is 4.79 Å². The van der Waals surface area contributed by atoms with Gasteiger partial charge >= 0.3 is 5.97 Å². The highest BCUT2D eigenvalue weighted by Crippen LogP contribution is 2.09. The van der Waals surface area contributed by atoms with Crippen molar-refractivity contribution in [3.05, 3.63) is 18.9 Å². The summed E-state index contributed by atoms with van der Waals surface area (Å²) < 4.78 is 4.70. The van der Waals surface area contributed by atoms with Crippen molar-refractivity contribution in [1.82, 2.24) is 5.32 Å². The van der Waals surface area contributed by atoms with E-state index in [1.165, 1.54) is 0 Å². The molecule has 1 aliphatic rings. The molecule has 0 bridgehead atoms. The molecule has 3 heteroatoms. The lowest BCUT2D eigenvalue weighted by Gasteiger charge is -2.00. The number of esters is 1. The molecule has 0 saturated carbocycles. The van der Waals surface area contributed by atoms with Crippen LogP contribution in [0.15, 0.2) is 12.7 Å². The molecule has 1 aliphatic heterocycles. The summed E-state index contributed by atoms with van der Waals surface area (Å²) in [6, 6.07) is 0. The fourth-order valence-electron chi connectivity index (χ4n) is 0.625. The molecule has 1 rings (SSSR count). The maximum atomic E-state index is 10.4. The summed E-state index contributed by atoms with van der Waals surface area (Å²) in [4.78, 5) is 10.4. The van der Waals surface area contributed by atoms with Gasteiger partial charge in [0.15, 0.2) is 0 Å². The highest BCUT2D eigenvalue weighted by Gasteiger charge is 2.21. The van der Waals surface area contributed by atoms with Gasteiger partial charge in [0.25, 0.3) is 0 Å². The molecule has 0 spiro atoms. The second-order valence-electron chi connectivity index (χ2n) is 1.74. The van der Waals surface area contributed by atoms with Crippen LogP contribution in [0.2, 0.25) is 0 Å². The van der Waals surface area contributed by atoms with Crippen LogP contribution in [-0.2, 0) is 9.53 Å². The van der Waals surface area contributed by atoms with Gasteiger partial charge in [0.05, 0.1) is 6.54 Å². The van der Waals surface area contributed by atoms with Crippen molar-refractivity contribution in [2.45, 2.75) is 6.42 Å². The first-order chi connectivity index (χ1) is 4.33. The second-order valence-corrected chi connectivity index (χ2v) is 1.74. The average Bonchev–Trinajstić information content (AvgIpc) is 2.17. The van der Waals surface area contributed by atoms with Crippen LogP contribution in [0.4, 0.5) is 0 Å². The highest BCUT2D eigenvalue weighted by atomic mass is 16.6. The van der Waals surface area contributed by atoms with Crippen molar-refractivity contribution < 1.29 is 9.53 Å². The monoisotopic (exact) mass is 126 g/mol. The minimum Gasteiger partial charge on any atom is -0.437 e. The van der Waals surface area contributed by atoms with Crippen LogP contribution in [-0.4, -0.2) is 12.5 Å². The van der Waals surface area contributed by atoms with E-state index in [4.69, 9.17) is 4.74 Å². The summed E-state index contributed by atoms with van der Waals surface area (Å²) in [5, 5.41) is 2.78. The van der Waals surface area contributed by atoms with Gasteiger partial charge < -0.3 is 4.74 Å². The maximum absolute atomic E-state index is 10.4. The van der Waals surface area contributed by atoms with Gasteiger partial charge in [-0.05, 0) is 0 Å². The first kappa shape index (κ1) is 6.29. The largest absolute Gasteiger partial charge is 0.437 e. The molecule has 0 atom stereocenters. The van der Waals surface area contributed by atoms with Crippen molar-refractivity contribution in [1.29, 1.82) is 0 Å². The van der Waals surface area contributed by atoms with Crippen molar-refractivity contribution in [3.63, 3.8) is 0 Å². The molecule has 0 aromatic rings. The van der Waals surface area contributed by atoms with Crippen molar-refractivity contribution in [2.75, 3.05) is 6.54 Å². The molecule has 0 aromatic carbocycles. The summed E-state index contributed by atoms with van der Waals surface area (Å²) in [6.07, 6.45) is 2.89. The number of ether oxygens (including phenoxy) is 1. The van der Waals surface area contributed by atoms with Gasteiger partial charge in [0, 0.05) is 6.42 Å². The molecular weight excluding hydrogens is 118 g/mol. The summed E-state index contributed by atoms with van der Waals surface area (Å²) in [5.74, 6) is -0.216. The number of rotatable bonds is 2. The minimum absolute atomic E-state index is 0.216. The van der Waals surface area contributed by atoms with Crippen LogP contribution in [0.5, 0.6) is 0 Å². The Bertz CT molecular complexity index is 133. The zero-order valence-electron chi connectivity index (χ0n) is 5.02. The third-order valence-electron chi connectivity index (χ3n) is 0.997. The molecule has 1 saturated heterocycles. The normalized spacial score (nSPS) is 19.8. The molecule has 1 fully saturated rings. The minimum atomic E-state index is -0.216. The van der Waals surface area contributed by atoms with Gasteiger partial charge in [-0.3, -0.25) is 10.1 Å². The molecule has 9 heavy (non-hydrogen) atoms. The Balaban J connectivity index is 2.29. The lowest BCUT2D eigenvalue weighted by Crippen LogP contribution is -2.12. The Morgan fingerprint density at radius 3 is 3.11 bits per heavy atom. The van der Waals surface area contributed by atoms with E-state index in [2.05, 4.69) is 11.9 Å². The van der Waals surface area contributed by atoms with Gasteiger partial charge in [0.2, 0.25) is 6.23 Å². The Morgan fingerprint density at radius 2 is 2.67 bits per heavy atom. The Labute approximate surface area is 53.7 Å². The molecule has 1 heterocycles. The summed E-state index contributed by atoms with van der Waals surface area (Å²) in [5.41, 5.74) is 0. The number of hydrogen-bond donors (Lipinski definition) is 1. The van der Waals surface area contributed by atoms with Crippen LogP contribution in [0, 0.1) is 6.23 Å². The fraction of sp³-hybridized carbons (Fsp3) is 0.333. The molecule has 0 aliphatic carbocycles. The van der Waals surface area contributed by atoms with Crippen molar-refractivity contribution in [3.8, 4) is 0 Å². The van der Waals surface area contributed by atoms with Gasteiger partial charge in [-0.1, -0.05) is 6.08 Å². The molecule has 3 nitrogen and oxygen atoms in total. The topological polar surface area (TPSA) is 38.3 Å². The maximum Gasteiger partial charge on any atom is 0.322 e. The first-order valence-corrected chi connectivity index (χ1v) is 2.74. The number of hydrogen-bond acceptors (Lipinski definition) is 3. The van der Waals surface area contributed by atoms with Gasteiger partial charge in [0.1, 0.15) is 0 Å². The molecule has 0 amide bonds. The second kappa shape index (κ2) is 2.64. The van der Waals surface area contributed by atoms with E-state index in [-0.39, 0.29) is 5.97 Å². The Hall–Kier alpha value is -0.830. The molecule has 1 radical (unpaired) electrons. The lowest BCUT2D eigenvalue weighted by molar-refractivity contribution is -0.136. The van der Waals surface area contributed by atoms with E-state index in [1.54, 1.807) is 6.08 Å². The number of carbonyl (C=O) groups excluding carboxylic acids is 1. The summed E-state index contributed by atoms with van der Waals surface area (Å²) in [7, 11) is 0. The van der Waals surface area contributed by atoms with E-state index < -0.39 is 0 Å². The smallest absolute Gasteiger partial charge is 0.322 e. The van der Waals surface area contributed by atoms with Gasteiger partial charge in [-0.2, -0.15) is 0 Å².